The minimum atomic E-state index is 0. The number of likely N-dealkylation sites (tertiary alicyclic amines) is 1. The van der Waals surface area contributed by atoms with E-state index in [4.69, 9.17) is 9.41 Å². The van der Waals surface area contributed by atoms with Crippen molar-refractivity contribution < 1.29 is 4.42 Å². The number of guanidine groups is 1. The molecule has 0 atom stereocenters. The molecule has 1 aliphatic heterocycles. The number of nitrogens with one attached hydrogen (secondary N) is 1. The summed E-state index contributed by atoms with van der Waals surface area (Å²) in [6.07, 6.45) is 8.12. The van der Waals surface area contributed by atoms with Crippen LogP contribution in [0.2, 0.25) is 0 Å². The van der Waals surface area contributed by atoms with Crippen LogP contribution in [0.1, 0.15) is 38.4 Å². The van der Waals surface area contributed by atoms with Crippen LogP contribution in [-0.2, 0) is 6.42 Å². The van der Waals surface area contributed by atoms with E-state index < -0.39 is 0 Å². The predicted molar refractivity (Wildman–Crippen MR) is 105 cm³/mol. The first kappa shape index (κ1) is 18.4. The van der Waals surface area contributed by atoms with E-state index >= 15 is 0 Å². The average Bonchev–Trinajstić information content (AvgIpc) is 3.10. The molecule has 1 N–H and O–H groups in total. The number of hydrogen-bond donors (Lipinski definition) is 1. The van der Waals surface area contributed by atoms with E-state index in [9.17, 15) is 0 Å². The van der Waals surface area contributed by atoms with Crippen LogP contribution in [-0.4, -0.2) is 37.0 Å². The maximum absolute atomic E-state index is 5.39. The highest BCUT2D eigenvalue weighted by Crippen LogP contribution is 2.47. The first-order valence-electron chi connectivity index (χ1n) is 8.37. The molecule has 1 aromatic heterocycles. The summed E-state index contributed by atoms with van der Waals surface area (Å²) in [7, 11) is 0. The van der Waals surface area contributed by atoms with Crippen LogP contribution >= 0.6 is 24.0 Å². The standard InChI is InChI=1S/C18H27N3O.HI/c1-15(2)13-20-17(19-10-6-16-5-3-12-22-16)21-11-9-18(14-21)7-4-8-18;/h3,5,12H,1,4,6-11,13-14H2,2H3,(H,19,20);1H. The fourth-order valence-electron chi connectivity index (χ4n) is 3.43. The second-order valence-electron chi connectivity index (χ2n) is 6.88. The van der Waals surface area contributed by atoms with Gasteiger partial charge in [0.1, 0.15) is 5.76 Å². The van der Waals surface area contributed by atoms with Crippen LogP contribution < -0.4 is 5.32 Å². The Morgan fingerprint density at radius 1 is 1.43 bits per heavy atom. The van der Waals surface area contributed by atoms with Crippen molar-refractivity contribution >= 4 is 29.9 Å². The monoisotopic (exact) mass is 429 g/mol. The lowest BCUT2D eigenvalue weighted by atomic mass is 9.68. The van der Waals surface area contributed by atoms with Gasteiger partial charge in [-0.3, -0.25) is 0 Å². The van der Waals surface area contributed by atoms with Crippen LogP contribution in [0.15, 0.2) is 40.0 Å². The van der Waals surface area contributed by atoms with Gasteiger partial charge in [0.15, 0.2) is 5.96 Å². The Morgan fingerprint density at radius 2 is 2.26 bits per heavy atom. The minimum Gasteiger partial charge on any atom is -0.469 e. The molecule has 5 heteroatoms. The SMILES string of the molecule is C=C(C)CN=C(NCCc1ccco1)N1CCC2(CCC2)C1.I. The Labute approximate surface area is 156 Å². The van der Waals surface area contributed by atoms with Crippen LogP contribution in [0.25, 0.3) is 0 Å². The maximum atomic E-state index is 5.39. The molecule has 0 bridgehead atoms. The molecule has 1 saturated carbocycles. The van der Waals surface area contributed by atoms with Crippen molar-refractivity contribution in [1.29, 1.82) is 0 Å². The molecule has 2 heterocycles. The molecular weight excluding hydrogens is 401 g/mol. The highest BCUT2D eigenvalue weighted by molar-refractivity contribution is 14.0. The third kappa shape index (κ3) is 4.75. The summed E-state index contributed by atoms with van der Waals surface area (Å²) < 4.78 is 5.39. The van der Waals surface area contributed by atoms with Gasteiger partial charge in [0.05, 0.1) is 12.8 Å². The molecule has 0 amide bonds. The van der Waals surface area contributed by atoms with Crippen LogP contribution in [0.5, 0.6) is 0 Å². The summed E-state index contributed by atoms with van der Waals surface area (Å²) in [4.78, 5) is 7.18. The molecule has 1 saturated heterocycles. The molecule has 4 nitrogen and oxygen atoms in total. The summed E-state index contributed by atoms with van der Waals surface area (Å²) >= 11 is 0. The van der Waals surface area contributed by atoms with Gasteiger partial charge in [0.2, 0.25) is 0 Å². The average molecular weight is 429 g/mol. The van der Waals surface area contributed by atoms with Crippen molar-refractivity contribution in [3.05, 3.63) is 36.3 Å². The minimum absolute atomic E-state index is 0. The zero-order valence-corrected chi connectivity index (χ0v) is 16.3. The molecule has 0 unspecified atom stereocenters. The molecule has 0 radical (unpaired) electrons. The van der Waals surface area contributed by atoms with Crippen molar-refractivity contribution in [1.82, 2.24) is 10.2 Å². The second kappa shape index (κ2) is 8.22. The fraction of sp³-hybridized carbons (Fsp3) is 0.611. The van der Waals surface area contributed by atoms with Crippen LogP contribution in [0.4, 0.5) is 0 Å². The van der Waals surface area contributed by atoms with Gasteiger partial charge in [0.25, 0.3) is 0 Å². The van der Waals surface area contributed by atoms with E-state index in [1.165, 1.54) is 25.7 Å². The van der Waals surface area contributed by atoms with E-state index in [0.717, 1.165) is 43.3 Å². The van der Waals surface area contributed by atoms with Crippen molar-refractivity contribution in [3.63, 3.8) is 0 Å². The third-order valence-corrected chi connectivity index (χ3v) is 4.89. The van der Waals surface area contributed by atoms with E-state index in [1.54, 1.807) is 6.26 Å². The summed E-state index contributed by atoms with van der Waals surface area (Å²) in [6, 6.07) is 3.96. The third-order valence-electron chi connectivity index (χ3n) is 4.89. The second-order valence-corrected chi connectivity index (χ2v) is 6.88. The van der Waals surface area contributed by atoms with E-state index in [1.807, 2.05) is 19.1 Å². The van der Waals surface area contributed by atoms with E-state index in [-0.39, 0.29) is 24.0 Å². The Kier molecular flexibility index (Phi) is 6.56. The lowest BCUT2D eigenvalue weighted by molar-refractivity contribution is 0.151. The first-order valence-corrected chi connectivity index (χ1v) is 8.37. The molecule has 1 aliphatic carbocycles. The molecule has 1 spiro atoms. The Balaban J connectivity index is 0.00000192. The number of furan rings is 1. The summed E-state index contributed by atoms with van der Waals surface area (Å²) in [5.74, 6) is 2.06. The highest BCUT2D eigenvalue weighted by atomic mass is 127. The largest absolute Gasteiger partial charge is 0.469 e. The molecule has 2 fully saturated rings. The quantitative estimate of drug-likeness (QED) is 0.335. The van der Waals surface area contributed by atoms with Gasteiger partial charge in [0, 0.05) is 26.1 Å². The van der Waals surface area contributed by atoms with Gasteiger partial charge in [-0.1, -0.05) is 18.6 Å². The van der Waals surface area contributed by atoms with Gasteiger partial charge in [-0.25, -0.2) is 4.99 Å². The Morgan fingerprint density at radius 3 is 2.83 bits per heavy atom. The zero-order chi connectivity index (χ0) is 15.4. The number of halogens is 1. The normalized spacial score (nSPS) is 19.3. The van der Waals surface area contributed by atoms with Gasteiger partial charge < -0.3 is 14.6 Å². The van der Waals surface area contributed by atoms with Crippen molar-refractivity contribution in [3.8, 4) is 0 Å². The van der Waals surface area contributed by atoms with E-state index in [0.29, 0.717) is 12.0 Å². The Bertz CT molecular complexity index is 534. The van der Waals surface area contributed by atoms with Gasteiger partial charge in [-0.2, -0.15) is 0 Å². The van der Waals surface area contributed by atoms with Gasteiger partial charge >= 0.3 is 0 Å². The molecule has 1 aromatic rings. The van der Waals surface area contributed by atoms with Crippen LogP contribution in [0.3, 0.4) is 0 Å². The Hall–Kier alpha value is -0.980. The van der Waals surface area contributed by atoms with Crippen molar-refractivity contribution in [2.24, 2.45) is 10.4 Å². The number of nitrogens with zero attached hydrogens (tertiary/aromatic N) is 2. The molecule has 2 aliphatic rings. The fourth-order valence-corrected chi connectivity index (χ4v) is 3.43. The van der Waals surface area contributed by atoms with Gasteiger partial charge in [-0.15, -0.1) is 24.0 Å². The number of hydrogen-bond acceptors (Lipinski definition) is 2. The molecule has 23 heavy (non-hydrogen) atoms. The predicted octanol–water partition coefficient (Wildman–Crippen LogP) is 3.84. The van der Waals surface area contributed by atoms with Gasteiger partial charge in [-0.05, 0) is 43.7 Å². The molecule has 0 aromatic carbocycles. The summed E-state index contributed by atoms with van der Waals surface area (Å²) in [5, 5.41) is 3.52. The molecule has 128 valence electrons. The molecule has 3 rings (SSSR count). The lowest BCUT2D eigenvalue weighted by Crippen LogP contribution is -2.43. The zero-order valence-electron chi connectivity index (χ0n) is 14.0. The summed E-state index contributed by atoms with van der Waals surface area (Å²) in [5.41, 5.74) is 1.69. The number of rotatable bonds is 5. The number of aliphatic imine (C=N–C) groups is 1. The maximum Gasteiger partial charge on any atom is 0.194 e. The van der Waals surface area contributed by atoms with Crippen molar-refractivity contribution in [2.45, 2.75) is 39.0 Å². The topological polar surface area (TPSA) is 40.8 Å². The lowest BCUT2D eigenvalue weighted by Gasteiger charge is -2.38. The molecular formula is C18H28IN3O. The van der Waals surface area contributed by atoms with E-state index in [2.05, 4.69) is 16.8 Å². The first-order chi connectivity index (χ1) is 10.7. The van der Waals surface area contributed by atoms with Crippen molar-refractivity contribution in [2.75, 3.05) is 26.2 Å². The smallest absolute Gasteiger partial charge is 0.194 e. The summed E-state index contributed by atoms with van der Waals surface area (Å²) in [6.45, 7) is 9.84. The van der Waals surface area contributed by atoms with Crippen LogP contribution in [0, 0.1) is 5.41 Å². The highest BCUT2D eigenvalue weighted by Gasteiger charge is 2.43.